The number of hydrogen-bond acceptors (Lipinski definition) is 7. The van der Waals surface area contributed by atoms with Gasteiger partial charge in [0.05, 0.1) is 19.8 Å². The molecular weight excluding hydrogens is 720 g/mol. The third kappa shape index (κ3) is 11.1. The number of aliphatic hydroxyl groups excluding tert-OH is 1. The summed E-state index contributed by atoms with van der Waals surface area (Å²) in [6.07, 6.45) is -4.37. The standard InChI is InChI=1S/C40H54F3N3O7Si/c1-11-26(51-8)21-20-25(4)34(37(49)45-33(24(2)3)35(47)40(41,42)43)46-36(48)32(23-53-54(9,10)39(5,6)7)44-38(50)52-22-31-29-18-14-12-16-27(29)28-17-13-15-19-30(28)31/h11-21,24,31-35,47H,4,22-23H2,1-3,5-10H3,(H,44,50)(H,45,49)(H,46,48)/b21-20-,26-11+/t32-,33-,34-,35-/m0/s1. The molecule has 0 radical (unpaired) electrons. The van der Waals surface area contributed by atoms with Crippen molar-refractivity contribution in [2.24, 2.45) is 5.92 Å². The van der Waals surface area contributed by atoms with Crippen molar-refractivity contribution in [1.82, 2.24) is 16.0 Å². The van der Waals surface area contributed by atoms with Gasteiger partial charge < -0.3 is 35.0 Å². The predicted octanol–water partition coefficient (Wildman–Crippen LogP) is 7.13. The van der Waals surface area contributed by atoms with Crippen LogP contribution in [-0.4, -0.2) is 82.1 Å². The Morgan fingerprint density at radius 2 is 1.48 bits per heavy atom. The molecule has 1 aliphatic carbocycles. The normalized spacial score (nSPS) is 15.9. The summed E-state index contributed by atoms with van der Waals surface area (Å²) in [6, 6.07) is 10.9. The average molecular weight is 774 g/mol. The van der Waals surface area contributed by atoms with Gasteiger partial charge in [-0.15, -0.1) is 0 Å². The van der Waals surface area contributed by atoms with Crippen LogP contribution in [0.25, 0.3) is 11.1 Å². The topological polar surface area (TPSA) is 135 Å². The van der Waals surface area contributed by atoms with Crippen LogP contribution in [0.2, 0.25) is 18.1 Å². The molecule has 0 saturated heterocycles. The van der Waals surface area contributed by atoms with E-state index < -0.39 is 62.5 Å². The minimum absolute atomic E-state index is 0.0218. The number of nitrogens with one attached hydrogen (secondary N) is 3. The Balaban J connectivity index is 1.91. The SMILES string of the molecule is C=C(/C=C\C(=C/C)OC)[C@H](NC(=O)[C@H](CO[Si](C)(C)C(C)(C)C)NC(=O)OCC1c2ccccc2-c2ccccc21)C(=O)N[C@@H](C(C)C)[C@H](O)C(F)(F)F. The van der Waals surface area contributed by atoms with Crippen LogP contribution in [0, 0.1) is 5.92 Å². The number of aliphatic hydroxyl groups is 1. The van der Waals surface area contributed by atoms with E-state index in [-0.39, 0.29) is 29.7 Å². The summed E-state index contributed by atoms with van der Waals surface area (Å²) in [5, 5.41) is 17.2. The van der Waals surface area contributed by atoms with Crippen LogP contribution in [0.4, 0.5) is 18.0 Å². The Kier molecular flexibility index (Phi) is 14.9. The largest absolute Gasteiger partial charge is 0.497 e. The third-order valence-corrected chi connectivity index (χ3v) is 14.5. The fraction of sp³-hybridized carbons (Fsp3) is 0.475. The summed E-state index contributed by atoms with van der Waals surface area (Å²) in [5.74, 6) is -2.67. The van der Waals surface area contributed by atoms with Crippen molar-refractivity contribution in [2.45, 2.75) is 96.0 Å². The number of ether oxygens (including phenoxy) is 2. The fourth-order valence-corrected chi connectivity index (χ4v) is 6.69. The fourth-order valence-electron chi connectivity index (χ4n) is 5.67. The molecule has 4 N–H and O–H groups in total. The summed E-state index contributed by atoms with van der Waals surface area (Å²) < 4.78 is 58.0. The van der Waals surface area contributed by atoms with Crippen LogP contribution < -0.4 is 16.0 Å². The van der Waals surface area contributed by atoms with Crippen LogP contribution in [-0.2, 0) is 23.5 Å². The number of amides is 3. The average Bonchev–Trinajstić information content (AvgIpc) is 3.42. The van der Waals surface area contributed by atoms with E-state index in [1.54, 1.807) is 13.0 Å². The lowest BCUT2D eigenvalue weighted by Crippen LogP contribution is -2.60. The van der Waals surface area contributed by atoms with Crippen LogP contribution in [0.1, 0.15) is 58.6 Å². The number of rotatable bonds is 16. The molecule has 0 aromatic heterocycles. The molecule has 2 aromatic rings. The Labute approximate surface area is 317 Å². The zero-order valence-electron chi connectivity index (χ0n) is 32.5. The van der Waals surface area contributed by atoms with Crippen molar-refractivity contribution in [3.8, 4) is 11.1 Å². The van der Waals surface area contributed by atoms with Crippen molar-refractivity contribution in [1.29, 1.82) is 0 Å². The highest BCUT2D eigenvalue weighted by Gasteiger charge is 2.46. The smallest absolute Gasteiger partial charge is 0.416 e. The molecule has 0 bridgehead atoms. The molecule has 14 heteroatoms. The summed E-state index contributed by atoms with van der Waals surface area (Å²) in [5.41, 5.74) is 4.04. The van der Waals surface area contributed by atoms with Gasteiger partial charge in [-0.05, 0) is 71.0 Å². The van der Waals surface area contributed by atoms with E-state index >= 15 is 0 Å². The quantitative estimate of drug-likeness (QED) is 0.0811. The molecule has 0 aliphatic heterocycles. The van der Waals surface area contributed by atoms with Crippen molar-refractivity contribution in [3.05, 3.63) is 95.8 Å². The zero-order valence-corrected chi connectivity index (χ0v) is 33.5. The Morgan fingerprint density at radius 1 is 0.926 bits per heavy atom. The molecule has 0 saturated carbocycles. The van der Waals surface area contributed by atoms with Crippen LogP contribution in [0.5, 0.6) is 0 Å². The molecule has 0 fully saturated rings. The Morgan fingerprint density at radius 3 is 1.96 bits per heavy atom. The molecule has 54 heavy (non-hydrogen) atoms. The highest BCUT2D eigenvalue weighted by molar-refractivity contribution is 6.74. The van der Waals surface area contributed by atoms with Gasteiger partial charge in [0.15, 0.2) is 14.4 Å². The molecular formula is C40H54F3N3O7Si. The second kappa shape index (κ2) is 18.3. The van der Waals surface area contributed by atoms with Gasteiger partial charge in [-0.2, -0.15) is 13.2 Å². The summed E-state index contributed by atoms with van der Waals surface area (Å²) >= 11 is 0. The molecule has 2 aromatic carbocycles. The van der Waals surface area contributed by atoms with Crippen LogP contribution in [0.3, 0.4) is 0 Å². The molecule has 3 rings (SSSR count). The van der Waals surface area contributed by atoms with E-state index in [2.05, 4.69) is 22.5 Å². The predicted molar refractivity (Wildman–Crippen MR) is 205 cm³/mol. The van der Waals surface area contributed by atoms with Crippen molar-refractivity contribution in [3.63, 3.8) is 0 Å². The van der Waals surface area contributed by atoms with Gasteiger partial charge in [-0.3, -0.25) is 9.59 Å². The van der Waals surface area contributed by atoms with E-state index in [9.17, 15) is 32.7 Å². The van der Waals surface area contributed by atoms with Crippen molar-refractivity contribution in [2.75, 3.05) is 20.3 Å². The van der Waals surface area contributed by atoms with E-state index in [1.165, 1.54) is 33.1 Å². The number of halogens is 3. The summed E-state index contributed by atoms with van der Waals surface area (Å²) in [4.78, 5) is 41.2. The van der Waals surface area contributed by atoms with Gasteiger partial charge in [-0.1, -0.05) is 95.8 Å². The maximum Gasteiger partial charge on any atom is 0.416 e. The minimum atomic E-state index is -5.03. The van der Waals surface area contributed by atoms with Gasteiger partial charge in [0, 0.05) is 5.92 Å². The number of allylic oxidation sites excluding steroid dienone is 2. The van der Waals surface area contributed by atoms with Gasteiger partial charge in [-0.25, -0.2) is 4.79 Å². The number of fused-ring (bicyclic) bond motifs is 3. The number of hydrogen-bond donors (Lipinski definition) is 4. The first-order valence-electron chi connectivity index (χ1n) is 17.8. The minimum Gasteiger partial charge on any atom is -0.497 e. The molecule has 10 nitrogen and oxygen atoms in total. The maximum absolute atomic E-state index is 14.1. The van der Waals surface area contributed by atoms with E-state index in [4.69, 9.17) is 13.9 Å². The number of alkyl carbamates (subject to hydrolysis) is 1. The molecule has 296 valence electrons. The number of alkyl halides is 3. The molecule has 0 heterocycles. The second-order valence-electron chi connectivity index (χ2n) is 15.1. The number of carbonyl (C=O) groups is 3. The summed E-state index contributed by atoms with van der Waals surface area (Å²) in [6.45, 7) is 18.0. The summed E-state index contributed by atoms with van der Waals surface area (Å²) in [7, 11) is -1.08. The van der Waals surface area contributed by atoms with Gasteiger partial charge >= 0.3 is 12.3 Å². The second-order valence-corrected chi connectivity index (χ2v) is 19.9. The molecule has 4 atom stereocenters. The zero-order chi connectivity index (χ0) is 40.6. The van der Waals surface area contributed by atoms with E-state index in [1.807, 2.05) is 82.4 Å². The maximum atomic E-state index is 14.1. The highest BCUT2D eigenvalue weighted by atomic mass is 28.4. The first-order valence-corrected chi connectivity index (χ1v) is 20.7. The first-order chi connectivity index (χ1) is 25.1. The number of benzene rings is 2. The Hall–Kier alpha value is -4.40. The highest BCUT2D eigenvalue weighted by Crippen LogP contribution is 2.44. The van der Waals surface area contributed by atoms with Gasteiger partial charge in [0.1, 0.15) is 24.4 Å². The van der Waals surface area contributed by atoms with Crippen molar-refractivity contribution < 1.29 is 46.6 Å². The van der Waals surface area contributed by atoms with Crippen LogP contribution in [0.15, 0.2) is 84.7 Å². The van der Waals surface area contributed by atoms with E-state index in [0.29, 0.717) is 5.76 Å². The van der Waals surface area contributed by atoms with E-state index in [0.717, 1.165) is 22.3 Å². The lowest BCUT2D eigenvalue weighted by Gasteiger charge is -2.37. The van der Waals surface area contributed by atoms with Crippen LogP contribution >= 0.6 is 0 Å². The lowest BCUT2D eigenvalue weighted by molar-refractivity contribution is -0.215. The molecule has 1 aliphatic rings. The molecule has 3 amide bonds. The number of carbonyl (C=O) groups excluding carboxylic acids is 3. The van der Waals surface area contributed by atoms with Crippen molar-refractivity contribution >= 4 is 26.2 Å². The van der Waals surface area contributed by atoms with Gasteiger partial charge in [0.2, 0.25) is 11.8 Å². The number of methoxy groups -OCH3 is 1. The third-order valence-electron chi connectivity index (χ3n) is 9.97. The molecule has 0 unspecified atom stereocenters. The first kappa shape index (κ1) is 44.0. The molecule has 0 spiro atoms. The lowest BCUT2D eigenvalue weighted by atomic mass is 9.96. The monoisotopic (exact) mass is 773 g/mol. The Bertz CT molecular complexity index is 1670. The van der Waals surface area contributed by atoms with Gasteiger partial charge in [0.25, 0.3) is 0 Å².